The second-order valence-corrected chi connectivity index (χ2v) is 16.1. The summed E-state index contributed by atoms with van der Waals surface area (Å²) in [6, 6.07) is 87.0. The van der Waals surface area contributed by atoms with Gasteiger partial charge in [-0.2, -0.15) is 0 Å². The number of aromatic nitrogens is 1. The number of fused-ring (bicyclic) bond motifs is 6. The summed E-state index contributed by atoms with van der Waals surface area (Å²) in [5.41, 5.74) is 17.9. The monoisotopic (exact) mass is 804 g/mol. The highest BCUT2D eigenvalue weighted by molar-refractivity contribution is 6.11. The van der Waals surface area contributed by atoms with Crippen molar-refractivity contribution >= 4 is 60.8 Å². The van der Waals surface area contributed by atoms with Crippen LogP contribution in [0.1, 0.15) is 0 Å². The van der Waals surface area contributed by atoms with Crippen molar-refractivity contribution in [3.05, 3.63) is 243 Å². The fourth-order valence-electron chi connectivity index (χ4n) is 9.39. The molecule has 2 aromatic heterocycles. The van der Waals surface area contributed by atoms with Crippen LogP contribution in [0.25, 0.3) is 93.9 Å². The SMILES string of the molecule is c1ccc(-c2ccc(-c3ccc(N(c4ccccc4)c4ccc(-c5ccc(-c6cccc7c6oc6ccccc67)cc5)cc4)cc3)c(-n3c4ccccc4c4ccccc43)c2)cc1. The molecule has 0 aliphatic carbocycles. The van der Waals surface area contributed by atoms with Crippen molar-refractivity contribution in [3.63, 3.8) is 0 Å². The fraction of sp³-hybridized carbons (Fsp3) is 0. The first-order chi connectivity index (χ1) is 31.2. The molecular formula is C60H40N2O. The highest BCUT2D eigenvalue weighted by Crippen LogP contribution is 2.42. The Hall–Kier alpha value is -8.40. The number of anilines is 3. The second kappa shape index (κ2) is 15.3. The molecular weight excluding hydrogens is 765 g/mol. The zero-order chi connectivity index (χ0) is 41.7. The molecule has 0 N–H and O–H groups in total. The van der Waals surface area contributed by atoms with Crippen LogP contribution in [0.4, 0.5) is 17.1 Å². The van der Waals surface area contributed by atoms with E-state index in [1.165, 1.54) is 38.5 Å². The molecule has 3 heteroatoms. The molecule has 0 aliphatic heterocycles. The van der Waals surface area contributed by atoms with Gasteiger partial charge in [0.1, 0.15) is 11.2 Å². The topological polar surface area (TPSA) is 21.3 Å². The molecule has 12 aromatic rings. The van der Waals surface area contributed by atoms with Crippen molar-refractivity contribution in [1.82, 2.24) is 4.57 Å². The normalized spacial score (nSPS) is 11.5. The van der Waals surface area contributed by atoms with Crippen molar-refractivity contribution in [3.8, 4) is 50.2 Å². The van der Waals surface area contributed by atoms with E-state index in [1.54, 1.807) is 0 Å². The van der Waals surface area contributed by atoms with Crippen LogP contribution in [0.3, 0.4) is 0 Å². The summed E-state index contributed by atoms with van der Waals surface area (Å²) in [5, 5.41) is 4.78. The number of nitrogens with zero attached hydrogens (tertiary/aromatic N) is 2. The molecule has 2 heterocycles. The number of para-hydroxylation sites is 5. The standard InChI is InChI=1S/C60H40N2O/c1-3-14-41(15-4-1)46-34-39-50(58(40-46)62-56-23-10-7-18-52(56)53-19-8-11-24-57(53)62)44-32-37-49(38-33-44)61(47-16-5-2-6-17-47)48-35-30-43(31-36-48)42-26-28-45(29-27-42)51-21-13-22-55-54-20-9-12-25-59(54)63-60(51)55/h1-40H. The van der Waals surface area contributed by atoms with Crippen LogP contribution in [-0.4, -0.2) is 4.57 Å². The second-order valence-electron chi connectivity index (χ2n) is 16.1. The van der Waals surface area contributed by atoms with Gasteiger partial charge in [-0.15, -0.1) is 0 Å². The molecule has 0 fully saturated rings. The number of furan rings is 1. The van der Waals surface area contributed by atoms with E-state index in [-0.39, 0.29) is 0 Å². The van der Waals surface area contributed by atoms with Crippen LogP contribution < -0.4 is 4.90 Å². The van der Waals surface area contributed by atoms with Gasteiger partial charge in [-0.25, -0.2) is 0 Å². The van der Waals surface area contributed by atoms with Crippen LogP contribution >= 0.6 is 0 Å². The zero-order valence-electron chi connectivity index (χ0n) is 34.4. The summed E-state index contributed by atoms with van der Waals surface area (Å²) in [7, 11) is 0. The summed E-state index contributed by atoms with van der Waals surface area (Å²) < 4.78 is 8.79. The van der Waals surface area contributed by atoms with Crippen molar-refractivity contribution in [2.24, 2.45) is 0 Å². The first-order valence-corrected chi connectivity index (χ1v) is 21.5. The molecule has 10 aromatic carbocycles. The minimum atomic E-state index is 0.913. The molecule has 0 saturated heterocycles. The predicted octanol–water partition coefficient (Wildman–Crippen LogP) is 16.8. The Morgan fingerprint density at radius 1 is 0.302 bits per heavy atom. The van der Waals surface area contributed by atoms with Gasteiger partial charge < -0.3 is 13.9 Å². The zero-order valence-corrected chi connectivity index (χ0v) is 34.4. The molecule has 0 atom stereocenters. The van der Waals surface area contributed by atoms with Crippen LogP contribution in [0.5, 0.6) is 0 Å². The molecule has 0 spiro atoms. The highest BCUT2D eigenvalue weighted by atomic mass is 16.3. The van der Waals surface area contributed by atoms with Crippen molar-refractivity contribution in [1.29, 1.82) is 0 Å². The van der Waals surface area contributed by atoms with Crippen LogP contribution in [0.2, 0.25) is 0 Å². The molecule has 12 rings (SSSR count). The molecule has 0 aliphatic rings. The third-order valence-corrected chi connectivity index (χ3v) is 12.4. The maximum Gasteiger partial charge on any atom is 0.143 e. The molecule has 0 unspecified atom stereocenters. The van der Waals surface area contributed by atoms with E-state index < -0.39 is 0 Å². The van der Waals surface area contributed by atoms with Gasteiger partial charge in [-0.05, 0) is 94.0 Å². The largest absolute Gasteiger partial charge is 0.455 e. The quantitative estimate of drug-likeness (QED) is 0.153. The van der Waals surface area contributed by atoms with Gasteiger partial charge in [0.25, 0.3) is 0 Å². The number of hydrogen-bond donors (Lipinski definition) is 0. The highest BCUT2D eigenvalue weighted by Gasteiger charge is 2.19. The minimum Gasteiger partial charge on any atom is -0.455 e. The van der Waals surface area contributed by atoms with Crippen molar-refractivity contribution in [2.75, 3.05) is 4.90 Å². The first-order valence-electron chi connectivity index (χ1n) is 21.5. The summed E-state index contributed by atoms with van der Waals surface area (Å²) in [5.74, 6) is 0. The Labute approximate surface area is 366 Å². The first kappa shape index (κ1) is 36.5. The molecule has 0 radical (unpaired) electrons. The van der Waals surface area contributed by atoms with Crippen molar-refractivity contribution in [2.45, 2.75) is 0 Å². The molecule has 0 saturated carbocycles. The Morgan fingerprint density at radius 3 is 1.43 bits per heavy atom. The van der Waals surface area contributed by atoms with Crippen LogP contribution in [0, 0.1) is 0 Å². The number of rotatable bonds is 8. The summed E-state index contributed by atoms with van der Waals surface area (Å²) in [4.78, 5) is 2.33. The third-order valence-electron chi connectivity index (χ3n) is 12.4. The lowest BCUT2D eigenvalue weighted by molar-refractivity contribution is 0.670. The van der Waals surface area contributed by atoms with E-state index in [1.807, 2.05) is 12.1 Å². The maximum absolute atomic E-state index is 6.35. The van der Waals surface area contributed by atoms with E-state index in [4.69, 9.17) is 4.42 Å². The smallest absolute Gasteiger partial charge is 0.143 e. The van der Waals surface area contributed by atoms with Gasteiger partial charge in [0.05, 0.1) is 16.7 Å². The number of benzene rings is 10. The van der Waals surface area contributed by atoms with Crippen LogP contribution in [0.15, 0.2) is 247 Å². The van der Waals surface area contributed by atoms with Crippen molar-refractivity contribution < 1.29 is 4.42 Å². The molecule has 296 valence electrons. The van der Waals surface area contributed by atoms with Gasteiger partial charge in [-0.1, -0.05) is 182 Å². The average Bonchev–Trinajstić information content (AvgIpc) is 3.91. The van der Waals surface area contributed by atoms with E-state index >= 15 is 0 Å². The summed E-state index contributed by atoms with van der Waals surface area (Å²) in [6.45, 7) is 0. The molecule has 3 nitrogen and oxygen atoms in total. The predicted molar refractivity (Wildman–Crippen MR) is 264 cm³/mol. The van der Waals surface area contributed by atoms with Gasteiger partial charge in [0.15, 0.2) is 0 Å². The fourth-order valence-corrected chi connectivity index (χ4v) is 9.39. The average molecular weight is 805 g/mol. The van der Waals surface area contributed by atoms with Gasteiger partial charge in [-0.3, -0.25) is 0 Å². The third kappa shape index (κ3) is 6.38. The molecule has 0 amide bonds. The van der Waals surface area contributed by atoms with Gasteiger partial charge in [0, 0.05) is 49.7 Å². The maximum atomic E-state index is 6.35. The summed E-state index contributed by atoms with van der Waals surface area (Å²) in [6.07, 6.45) is 0. The van der Waals surface area contributed by atoms with Crippen LogP contribution in [-0.2, 0) is 0 Å². The number of hydrogen-bond acceptors (Lipinski definition) is 2. The Balaban J connectivity index is 0.900. The van der Waals surface area contributed by atoms with E-state index in [2.05, 4.69) is 240 Å². The molecule has 63 heavy (non-hydrogen) atoms. The van der Waals surface area contributed by atoms with E-state index in [0.29, 0.717) is 0 Å². The minimum absolute atomic E-state index is 0.913. The van der Waals surface area contributed by atoms with Gasteiger partial charge >= 0.3 is 0 Å². The van der Waals surface area contributed by atoms with E-state index in [0.717, 1.165) is 72.5 Å². The van der Waals surface area contributed by atoms with Gasteiger partial charge in [0.2, 0.25) is 0 Å². The summed E-state index contributed by atoms with van der Waals surface area (Å²) >= 11 is 0. The molecule has 0 bridgehead atoms. The Morgan fingerprint density at radius 2 is 0.762 bits per heavy atom. The Bertz CT molecular complexity index is 3530. The lowest BCUT2D eigenvalue weighted by Crippen LogP contribution is -2.09. The lowest BCUT2D eigenvalue weighted by atomic mass is 9.97. The lowest BCUT2D eigenvalue weighted by Gasteiger charge is -2.26. The van der Waals surface area contributed by atoms with E-state index in [9.17, 15) is 0 Å². The Kier molecular flexibility index (Phi) is 8.83.